The molecule has 194 valence electrons. The van der Waals surface area contributed by atoms with Crippen molar-refractivity contribution in [2.75, 3.05) is 0 Å². The molecule has 0 aromatic heterocycles. The van der Waals surface area contributed by atoms with E-state index in [0.717, 1.165) is 44.9 Å². The molecule has 35 heavy (non-hydrogen) atoms. The van der Waals surface area contributed by atoms with Gasteiger partial charge in [0.2, 0.25) is 0 Å². The molecule has 6 nitrogen and oxygen atoms in total. The lowest BCUT2D eigenvalue weighted by Gasteiger charge is -2.62. The van der Waals surface area contributed by atoms with Gasteiger partial charge in [0.1, 0.15) is 16.8 Å². The van der Waals surface area contributed by atoms with Gasteiger partial charge in [0, 0.05) is 17.8 Å². The van der Waals surface area contributed by atoms with Gasteiger partial charge in [-0.3, -0.25) is 14.8 Å². The molecular weight excluding hydrogens is 444 g/mol. The summed E-state index contributed by atoms with van der Waals surface area (Å²) in [6.07, 6.45) is 10.8. The normalized spacial score (nSPS) is 53.0. The number of esters is 1. The summed E-state index contributed by atoms with van der Waals surface area (Å²) in [6, 6.07) is 0. The Hall–Kier alpha value is -1.24. The Morgan fingerprint density at radius 1 is 1.17 bits per heavy atom. The zero-order valence-electron chi connectivity index (χ0n) is 22.2. The van der Waals surface area contributed by atoms with Crippen LogP contribution in [0.3, 0.4) is 0 Å². The zero-order valence-corrected chi connectivity index (χ0v) is 22.2. The molecule has 0 aromatic carbocycles. The van der Waals surface area contributed by atoms with E-state index in [2.05, 4.69) is 38.7 Å². The van der Waals surface area contributed by atoms with Crippen LogP contribution in [-0.4, -0.2) is 39.9 Å². The highest BCUT2D eigenvalue weighted by Crippen LogP contribution is 2.86. The van der Waals surface area contributed by atoms with Gasteiger partial charge in [-0.25, -0.2) is 4.89 Å². The van der Waals surface area contributed by atoms with Crippen LogP contribution in [0.4, 0.5) is 0 Å². The van der Waals surface area contributed by atoms with Gasteiger partial charge in [0.05, 0.1) is 6.10 Å². The second kappa shape index (κ2) is 6.99. The van der Waals surface area contributed by atoms with E-state index in [1.54, 1.807) is 0 Å². The van der Waals surface area contributed by atoms with Crippen LogP contribution >= 0.6 is 0 Å². The van der Waals surface area contributed by atoms with Crippen LogP contribution in [0.15, 0.2) is 12.2 Å². The van der Waals surface area contributed by atoms with E-state index in [-0.39, 0.29) is 34.7 Å². The zero-order chi connectivity index (χ0) is 25.2. The van der Waals surface area contributed by atoms with Crippen molar-refractivity contribution in [2.45, 2.75) is 116 Å². The molecular formula is C29H42O6. The fourth-order valence-electron chi connectivity index (χ4n) is 10.5. The van der Waals surface area contributed by atoms with Crippen LogP contribution in [0.1, 0.15) is 92.9 Å². The maximum Gasteiger partial charge on any atom is 0.316 e. The maximum atomic E-state index is 14.1. The summed E-state index contributed by atoms with van der Waals surface area (Å²) in [6.45, 7) is 12.7. The summed E-state index contributed by atoms with van der Waals surface area (Å²) in [7, 11) is 0. The number of carbonyl (C=O) groups excluding carboxylic acids is 2. The lowest BCUT2D eigenvalue weighted by molar-refractivity contribution is -0.297. The van der Waals surface area contributed by atoms with Crippen molar-refractivity contribution < 1.29 is 29.2 Å². The second-order valence-electron chi connectivity index (χ2n) is 13.9. The molecule has 0 amide bonds. The van der Waals surface area contributed by atoms with Crippen LogP contribution in [-0.2, 0) is 24.0 Å². The highest BCUT2D eigenvalue weighted by Gasteiger charge is 2.97. The standard InChI is InChI=1S/C29H42O6/c1-17(8-7-11-24(3,4)35-32)19-9-13-27-23(31)34-28(15-14-25(19,27)5)26(6)12-10-21(30)18(2)20(26)16-22-29(27,28)33-22/h7,11,17-20,22,32H,8-10,12-16H2,1-6H3/b11-7+/t17-,18+,19-,20+,22+,25-,26+,27+,28+,29-/m1/s1. The quantitative estimate of drug-likeness (QED) is 0.182. The van der Waals surface area contributed by atoms with Crippen LogP contribution in [0.5, 0.6) is 0 Å². The molecule has 0 aromatic rings. The summed E-state index contributed by atoms with van der Waals surface area (Å²) in [5, 5.41) is 9.11. The Kier molecular flexibility index (Phi) is 4.82. The molecule has 4 saturated carbocycles. The average molecular weight is 487 g/mol. The van der Waals surface area contributed by atoms with Crippen molar-refractivity contribution in [3.63, 3.8) is 0 Å². The minimum Gasteiger partial charge on any atom is -0.455 e. The summed E-state index contributed by atoms with van der Waals surface area (Å²) in [4.78, 5) is 31.4. The Morgan fingerprint density at radius 3 is 2.63 bits per heavy atom. The number of epoxide rings is 1. The van der Waals surface area contributed by atoms with Gasteiger partial charge in [-0.15, -0.1) is 0 Å². The van der Waals surface area contributed by atoms with Gasteiger partial charge in [0.25, 0.3) is 0 Å². The predicted octanol–water partition coefficient (Wildman–Crippen LogP) is 5.49. The number of ketones is 1. The molecule has 6 fully saturated rings. The first kappa shape index (κ1) is 24.1. The molecule has 2 bridgehead atoms. The van der Waals surface area contributed by atoms with Crippen LogP contribution < -0.4 is 0 Å². The molecule has 2 saturated heterocycles. The second-order valence-corrected chi connectivity index (χ2v) is 13.9. The Labute approximate surface area is 209 Å². The fraction of sp³-hybridized carbons (Fsp3) is 0.862. The van der Waals surface area contributed by atoms with Gasteiger partial charge < -0.3 is 9.47 Å². The van der Waals surface area contributed by atoms with Crippen LogP contribution in [0.25, 0.3) is 0 Å². The van der Waals surface area contributed by atoms with Crippen molar-refractivity contribution in [1.82, 2.24) is 0 Å². The van der Waals surface area contributed by atoms with Crippen LogP contribution in [0.2, 0.25) is 0 Å². The smallest absolute Gasteiger partial charge is 0.316 e. The topological polar surface area (TPSA) is 85.4 Å². The number of Topliss-reactive ketones (excluding diaryl/α,β-unsaturated/α-hetero) is 1. The van der Waals surface area contributed by atoms with E-state index in [1.807, 2.05) is 19.9 Å². The molecule has 2 spiro atoms. The van der Waals surface area contributed by atoms with E-state index in [1.165, 1.54) is 0 Å². The number of ether oxygens (including phenoxy) is 2. The molecule has 6 rings (SSSR count). The molecule has 1 N–H and O–H groups in total. The van der Waals surface area contributed by atoms with E-state index in [0.29, 0.717) is 24.0 Å². The van der Waals surface area contributed by atoms with Crippen molar-refractivity contribution in [2.24, 2.45) is 39.9 Å². The summed E-state index contributed by atoms with van der Waals surface area (Å²) in [5.41, 5.74) is -2.80. The summed E-state index contributed by atoms with van der Waals surface area (Å²) < 4.78 is 13.5. The van der Waals surface area contributed by atoms with E-state index < -0.39 is 22.2 Å². The first-order valence-corrected chi connectivity index (χ1v) is 13.8. The number of rotatable bonds is 5. The first-order valence-electron chi connectivity index (χ1n) is 13.8. The third-order valence-corrected chi connectivity index (χ3v) is 12.4. The van der Waals surface area contributed by atoms with E-state index in [9.17, 15) is 9.59 Å². The summed E-state index contributed by atoms with van der Waals surface area (Å²) >= 11 is 0. The molecule has 2 heterocycles. The SMILES string of the molecule is C[C@H](C/C=C/C(C)(C)OO)[C@H]1CC[C@]23C(=O)O[C@]4(CC[C@]12C)[C@]31O[C@H]1C[C@H]1[C@H](C)C(=O)CC[C@@]14C. The van der Waals surface area contributed by atoms with Gasteiger partial charge in [0.15, 0.2) is 11.2 Å². The van der Waals surface area contributed by atoms with E-state index >= 15 is 0 Å². The highest BCUT2D eigenvalue weighted by atomic mass is 17.1. The fourth-order valence-corrected chi connectivity index (χ4v) is 10.5. The van der Waals surface area contributed by atoms with Gasteiger partial charge >= 0.3 is 5.97 Å². The van der Waals surface area contributed by atoms with Gasteiger partial charge in [-0.05, 0) is 82.0 Å². The first-order chi connectivity index (χ1) is 16.4. The monoisotopic (exact) mass is 486 g/mol. The molecule has 2 aliphatic heterocycles. The molecule has 4 aliphatic carbocycles. The lowest BCUT2D eigenvalue weighted by Crippen LogP contribution is -2.71. The number of hydrogen-bond donors (Lipinski definition) is 1. The average Bonchev–Trinajstić information content (AvgIpc) is 3.40. The van der Waals surface area contributed by atoms with E-state index in [4.69, 9.17) is 14.7 Å². The molecule has 6 aliphatic rings. The molecule has 10 atom stereocenters. The minimum atomic E-state index is -0.707. The van der Waals surface area contributed by atoms with Crippen LogP contribution in [0, 0.1) is 39.9 Å². The van der Waals surface area contributed by atoms with Crippen molar-refractivity contribution >= 4 is 11.8 Å². The van der Waals surface area contributed by atoms with Crippen molar-refractivity contribution in [1.29, 1.82) is 0 Å². The number of allylic oxidation sites excluding steroid dienone is 1. The molecule has 6 heteroatoms. The third-order valence-electron chi connectivity index (χ3n) is 12.4. The van der Waals surface area contributed by atoms with Crippen molar-refractivity contribution in [3.8, 4) is 0 Å². The lowest BCUT2D eigenvalue weighted by atomic mass is 9.38. The maximum absolute atomic E-state index is 14.1. The Bertz CT molecular complexity index is 1000. The number of fused-ring (bicyclic) bond motifs is 1. The molecule has 0 unspecified atom stereocenters. The highest BCUT2D eigenvalue weighted by molar-refractivity contribution is 5.88. The largest absolute Gasteiger partial charge is 0.455 e. The van der Waals surface area contributed by atoms with Gasteiger partial charge in [-0.1, -0.05) is 39.8 Å². The predicted molar refractivity (Wildman–Crippen MR) is 129 cm³/mol. The summed E-state index contributed by atoms with van der Waals surface area (Å²) in [5.74, 6) is 1.34. The third kappa shape index (κ3) is 2.48. The number of carbonyl (C=O) groups is 2. The minimum absolute atomic E-state index is 0.00387. The Morgan fingerprint density at radius 2 is 1.91 bits per heavy atom. The van der Waals surface area contributed by atoms with Crippen molar-refractivity contribution in [3.05, 3.63) is 12.2 Å². The Balaban J connectivity index is 1.36. The van der Waals surface area contributed by atoms with Gasteiger partial charge in [-0.2, -0.15) is 0 Å². The number of hydrogen-bond acceptors (Lipinski definition) is 6. The molecule has 0 radical (unpaired) electrons.